The van der Waals surface area contributed by atoms with E-state index in [1.165, 1.54) is 11.1 Å². The molecule has 0 aliphatic heterocycles. The number of furan rings is 1. The number of aryl methyl sites for hydroxylation is 2. The fraction of sp³-hybridized carbons (Fsp3) is 0.375. The molecule has 0 unspecified atom stereocenters. The van der Waals surface area contributed by atoms with Crippen molar-refractivity contribution in [3.05, 3.63) is 59.0 Å². The number of nitrogens with zero attached hydrogens (tertiary/aromatic N) is 1. The molecule has 3 heteroatoms. The van der Waals surface area contributed by atoms with Gasteiger partial charge in [-0.1, -0.05) is 30.3 Å². The predicted molar refractivity (Wildman–Crippen MR) is 75.8 cm³/mol. The van der Waals surface area contributed by atoms with E-state index in [2.05, 4.69) is 23.1 Å². The van der Waals surface area contributed by atoms with Crippen LogP contribution in [0.4, 0.5) is 0 Å². The van der Waals surface area contributed by atoms with Crippen LogP contribution < -0.4 is 0 Å². The van der Waals surface area contributed by atoms with Gasteiger partial charge in [0.15, 0.2) is 0 Å². The minimum absolute atomic E-state index is 0.169. The molecule has 0 bridgehead atoms. The third kappa shape index (κ3) is 3.94. The SMILES string of the molecule is Cc1cc(CN(CCO)Cc2ccccc2)c(C)o1. The molecule has 3 nitrogen and oxygen atoms in total. The number of rotatable bonds is 6. The molecule has 0 spiro atoms. The van der Waals surface area contributed by atoms with Crippen LogP contribution in [0.2, 0.25) is 0 Å². The average Bonchev–Trinajstić information content (AvgIpc) is 2.69. The van der Waals surface area contributed by atoms with Gasteiger partial charge in [-0.2, -0.15) is 0 Å². The Balaban J connectivity index is 2.06. The summed E-state index contributed by atoms with van der Waals surface area (Å²) in [5, 5.41) is 9.20. The molecule has 0 radical (unpaired) electrons. The van der Waals surface area contributed by atoms with Crippen molar-refractivity contribution in [2.45, 2.75) is 26.9 Å². The summed E-state index contributed by atoms with van der Waals surface area (Å²) < 4.78 is 5.55. The highest BCUT2D eigenvalue weighted by Gasteiger charge is 2.11. The number of hydrogen-bond acceptors (Lipinski definition) is 3. The summed E-state index contributed by atoms with van der Waals surface area (Å²) in [5.74, 6) is 1.91. The number of hydrogen-bond donors (Lipinski definition) is 1. The van der Waals surface area contributed by atoms with Crippen molar-refractivity contribution in [2.75, 3.05) is 13.2 Å². The van der Waals surface area contributed by atoms with Crippen molar-refractivity contribution < 1.29 is 9.52 Å². The Morgan fingerprint density at radius 1 is 1.11 bits per heavy atom. The molecule has 1 heterocycles. The minimum Gasteiger partial charge on any atom is -0.466 e. The fourth-order valence-electron chi connectivity index (χ4n) is 2.28. The highest BCUT2D eigenvalue weighted by molar-refractivity contribution is 5.20. The maximum Gasteiger partial charge on any atom is 0.105 e. The number of benzene rings is 1. The van der Waals surface area contributed by atoms with Gasteiger partial charge >= 0.3 is 0 Å². The lowest BCUT2D eigenvalue weighted by atomic mass is 10.2. The summed E-state index contributed by atoms with van der Waals surface area (Å²) in [6, 6.07) is 12.4. The van der Waals surface area contributed by atoms with Gasteiger partial charge < -0.3 is 9.52 Å². The maximum atomic E-state index is 9.20. The van der Waals surface area contributed by atoms with E-state index in [-0.39, 0.29) is 6.61 Å². The predicted octanol–water partition coefficient (Wildman–Crippen LogP) is 2.89. The monoisotopic (exact) mass is 259 g/mol. The van der Waals surface area contributed by atoms with Gasteiger partial charge in [-0.25, -0.2) is 0 Å². The van der Waals surface area contributed by atoms with Crippen LogP contribution in [-0.4, -0.2) is 23.2 Å². The molecule has 0 fully saturated rings. The maximum absolute atomic E-state index is 9.20. The van der Waals surface area contributed by atoms with Gasteiger partial charge in [0.05, 0.1) is 6.61 Å². The van der Waals surface area contributed by atoms with Gasteiger partial charge in [-0.15, -0.1) is 0 Å². The molecule has 2 aromatic rings. The van der Waals surface area contributed by atoms with Crippen LogP contribution in [0.3, 0.4) is 0 Å². The van der Waals surface area contributed by atoms with Crippen LogP contribution in [0.1, 0.15) is 22.6 Å². The topological polar surface area (TPSA) is 36.6 Å². The molecule has 1 aromatic carbocycles. The second-order valence-electron chi connectivity index (χ2n) is 4.86. The molecule has 19 heavy (non-hydrogen) atoms. The first-order chi connectivity index (χ1) is 9.19. The molecule has 2 rings (SSSR count). The molecule has 0 saturated carbocycles. The second-order valence-corrected chi connectivity index (χ2v) is 4.86. The van der Waals surface area contributed by atoms with Gasteiger partial charge in [0.1, 0.15) is 11.5 Å². The number of aliphatic hydroxyl groups is 1. The van der Waals surface area contributed by atoms with Crippen LogP contribution in [0.5, 0.6) is 0 Å². The smallest absolute Gasteiger partial charge is 0.105 e. The normalized spacial score (nSPS) is 11.2. The molecule has 0 aliphatic rings. The highest BCUT2D eigenvalue weighted by atomic mass is 16.3. The van der Waals surface area contributed by atoms with Crippen LogP contribution in [0, 0.1) is 13.8 Å². The Morgan fingerprint density at radius 2 is 1.84 bits per heavy atom. The van der Waals surface area contributed by atoms with Crippen LogP contribution in [-0.2, 0) is 13.1 Å². The Labute approximate surface area is 114 Å². The summed E-state index contributed by atoms with van der Waals surface area (Å²) in [5.41, 5.74) is 2.45. The first kappa shape index (κ1) is 13.8. The molecule has 102 valence electrons. The molecule has 0 amide bonds. The van der Waals surface area contributed by atoms with E-state index in [4.69, 9.17) is 4.42 Å². The zero-order valence-electron chi connectivity index (χ0n) is 11.6. The third-order valence-electron chi connectivity index (χ3n) is 3.20. The molecule has 0 saturated heterocycles. The van der Waals surface area contributed by atoms with E-state index in [1.807, 2.05) is 32.0 Å². The Morgan fingerprint density at radius 3 is 2.42 bits per heavy atom. The molecule has 0 aliphatic carbocycles. The summed E-state index contributed by atoms with van der Waals surface area (Å²) in [7, 11) is 0. The number of aliphatic hydroxyl groups excluding tert-OH is 1. The standard InChI is InChI=1S/C16H21NO2/c1-13-10-16(14(2)19-13)12-17(8-9-18)11-15-6-4-3-5-7-15/h3-7,10,18H,8-9,11-12H2,1-2H3. The van der Waals surface area contributed by atoms with Crippen LogP contribution in [0.25, 0.3) is 0 Å². The van der Waals surface area contributed by atoms with E-state index in [1.54, 1.807) is 0 Å². The van der Waals surface area contributed by atoms with Crippen LogP contribution >= 0.6 is 0 Å². The summed E-state index contributed by atoms with van der Waals surface area (Å²) >= 11 is 0. The molecular formula is C16H21NO2. The van der Waals surface area contributed by atoms with Crippen molar-refractivity contribution in [1.82, 2.24) is 4.90 Å². The van der Waals surface area contributed by atoms with E-state index in [9.17, 15) is 5.11 Å². The Hall–Kier alpha value is -1.58. The van der Waals surface area contributed by atoms with Crippen molar-refractivity contribution in [3.8, 4) is 0 Å². The summed E-state index contributed by atoms with van der Waals surface area (Å²) in [4.78, 5) is 2.23. The second kappa shape index (κ2) is 6.55. The van der Waals surface area contributed by atoms with Gasteiger partial charge in [0.2, 0.25) is 0 Å². The summed E-state index contributed by atoms with van der Waals surface area (Å²) in [6.45, 7) is 6.43. The van der Waals surface area contributed by atoms with E-state index < -0.39 is 0 Å². The average molecular weight is 259 g/mol. The van der Waals surface area contributed by atoms with Crippen molar-refractivity contribution in [3.63, 3.8) is 0 Å². The highest BCUT2D eigenvalue weighted by Crippen LogP contribution is 2.17. The lowest BCUT2D eigenvalue weighted by molar-refractivity contribution is 0.183. The van der Waals surface area contributed by atoms with Gasteiger partial charge in [0, 0.05) is 25.2 Å². The van der Waals surface area contributed by atoms with Crippen molar-refractivity contribution in [1.29, 1.82) is 0 Å². The van der Waals surface area contributed by atoms with E-state index in [0.717, 1.165) is 24.6 Å². The van der Waals surface area contributed by atoms with Gasteiger partial charge in [-0.05, 0) is 25.5 Å². The first-order valence-corrected chi connectivity index (χ1v) is 6.62. The first-order valence-electron chi connectivity index (χ1n) is 6.62. The minimum atomic E-state index is 0.169. The van der Waals surface area contributed by atoms with Crippen LogP contribution in [0.15, 0.2) is 40.8 Å². The van der Waals surface area contributed by atoms with Crippen molar-refractivity contribution >= 4 is 0 Å². The fourth-order valence-corrected chi connectivity index (χ4v) is 2.28. The van der Waals surface area contributed by atoms with Gasteiger partial charge in [0.25, 0.3) is 0 Å². The van der Waals surface area contributed by atoms with Crippen molar-refractivity contribution in [2.24, 2.45) is 0 Å². The summed E-state index contributed by atoms with van der Waals surface area (Å²) in [6.07, 6.45) is 0. The van der Waals surface area contributed by atoms with E-state index in [0.29, 0.717) is 6.54 Å². The molecule has 1 aromatic heterocycles. The van der Waals surface area contributed by atoms with Gasteiger partial charge in [-0.3, -0.25) is 4.90 Å². The zero-order chi connectivity index (χ0) is 13.7. The largest absolute Gasteiger partial charge is 0.466 e. The quantitative estimate of drug-likeness (QED) is 0.866. The molecule has 0 atom stereocenters. The lowest BCUT2D eigenvalue weighted by Gasteiger charge is -2.21. The molecule has 1 N–H and O–H groups in total. The zero-order valence-corrected chi connectivity index (χ0v) is 11.6. The third-order valence-corrected chi connectivity index (χ3v) is 3.20. The Kier molecular flexibility index (Phi) is 4.77. The molecular weight excluding hydrogens is 238 g/mol. The lowest BCUT2D eigenvalue weighted by Crippen LogP contribution is -2.26. The Bertz CT molecular complexity index is 505. The van der Waals surface area contributed by atoms with E-state index >= 15 is 0 Å².